The summed E-state index contributed by atoms with van der Waals surface area (Å²) in [6.07, 6.45) is 1.80. The van der Waals surface area contributed by atoms with E-state index < -0.39 is 0 Å². The summed E-state index contributed by atoms with van der Waals surface area (Å²) < 4.78 is 6.88. The molecule has 62 valence electrons. The molecule has 1 rings (SSSR count). The van der Waals surface area contributed by atoms with E-state index in [-0.39, 0.29) is 0 Å². The molecule has 1 aromatic heterocycles. The summed E-state index contributed by atoms with van der Waals surface area (Å²) in [6, 6.07) is 0. The van der Waals surface area contributed by atoms with E-state index in [1.807, 2.05) is 11.5 Å². The normalized spacial score (nSPS) is 10.5. The van der Waals surface area contributed by atoms with Crippen molar-refractivity contribution in [2.24, 2.45) is 0 Å². The molecule has 0 aliphatic heterocycles. The van der Waals surface area contributed by atoms with Crippen molar-refractivity contribution >= 4 is 11.6 Å². The van der Waals surface area contributed by atoms with Crippen molar-refractivity contribution < 1.29 is 4.74 Å². The van der Waals surface area contributed by atoms with Crippen LogP contribution >= 0.6 is 11.6 Å². The van der Waals surface area contributed by atoms with Crippen LogP contribution in [-0.4, -0.2) is 23.3 Å². The summed E-state index contributed by atoms with van der Waals surface area (Å²) in [5, 5.41) is 0.540. The summed E-state index contributed by atoms with van der Waals surface area (Å²) in [7, 11) is 1.67. The molecule has 0 bridgehead atoms. The van der Waals surface area contributed by atoms with Gasteiger partial charge in [0.15, 0.2) is 0 Å². The molecule has 0 unspecified atom stereocenters. The molecule has 0 spiro atoms. The Kier molecular flexibility index (Phi) is 2.91. The van der Waals surface area contributed by atoms with E-state index in [1.54, 1.807) is 13.3 Å². The maximum atomic E-state index is 5.67. The summed E-state index contributed by atoms with van der Waals surface area (Å²) >= 11 is 5.67. The Balaban J connectivity index is 2.62. The third-order valence-electron chi connectivity index (χ3n) is 1.48. The van der Waals surface area contributed by atoms with Crippen molar-refractivity contribution in [3.8, 4) is 0 Å². The van der Waals surface area contributed by atoms with E-state index in [2.05, 4.69) is 4.98 Å². The molecule has 0 radical (unpaired) electrons. The van der Waals surface area contributed by atoms with Gasteiger partial charge in [-0.15, -0.1) is 0 Å². The van der Waals surface area contributed by atoms with Crippen LogP contribution in [0, 0.1) is 6.92 Å². The number of rotatable bonds is 3. The molecule has 0 aliphatic carbocycles. The highest BCUT2D eigenvalue weighted by atomic mass is 35.5. The minimum atomic E-state index is 0.540. The molecule has 0 fully saturated rings. The predicted molar refractivity (Wildman–Crippen MR) is 43.9 cm³/mol. The van der Waals surface area contributed by atoms with E-state index in [0.717, 1.165) is 12.4 Å². The van der Waals surface area contributed by atoms with Crippen LogP contribution in [0.5, 0.6) is 0 Å². The highest BCUT2D eigenvalue weighted by Crippen LogP contribution is 2.07. The molecule has 1 aromatic rings. The maximum Gasteiger partial charge on any atom is 0.147 e. The van der Waals surface area contributed by atoms with Gasteiger partial charge in [0.05, 0.1) is 6.61 Å². The first kappa shape index (κ1) is 8.56. The summed E-state index contributed by atoms with van der Waals surface area (Å²) in [5.74, 6) is 0.923. The summed E-state index contributed by atoms with van der Waals surface area (Å²) in [5.41, 5.74) is 0. The van der Waals surface area contributed by atoms with Crippen LogP contribution in [0.3, 0.4) is 0 Å². The van der Waals surface area contributed by atoms with Crippen LogP contribution in [0.25, 0.3) is 0 Å². The Bertz CT molecular complexity index is 234. The number of ether oxygens (including phenoxy) is 1. The number of hydrogen-bond acceptors (Lipinski definition) is 2. The minimum absolute atomic E-state index is 0.540. The topological polar surface area (TPSA) is 27.1 Å². The predicted octanol–water partition coefficient (Wildman–Crippen LogP) is 1.49. The first-order chi connectivity index (χ1) is 5.24. The second kappa shape index (κ2) is 3.74. The molecular weight excluding hydrogens is 164 g/mol. The van der Waals surface area contributed by atoms with Crippen LogP contribution < -0.4 is 0 Å². The van der Waals surface area contributed by atoms with Crippen LogP contribution in [0.2, 0.25) is 5.15 Å². The van der Waals surface area contributed by atoms with Gasteiger partial charge < -0.3 is 9.30 Å². The molecule has 0 aliphatic rings. The van der Waals surface area contributed by atoms with Crippen LogP contribution in [0.1, 0.15) is 5.82 Å². The largest absolute Gasteiger partial charge is 0.383 e. The van der Waals surface area contributed by atoms with Crippen LogP contribution in [-0.2, 0) is 11.3 Å². The third kappa shape index (κ3) is 2.20. The first-order valence-corrected chi connectivity index (χ1v) is 3.80. The fraction of sp³-hybridized carbons (Fsp3) is 0.571. The number of hydrogen-bond donors (Lipinski definition) is 0. The standard InChI is InChI=1S/C7H11ClN2O/c1-6-9-7(8)5-10(6)3-4-11-2/h5H,3-4H2,1-2H3. The number of nitrogens with zero attached hydrogens (tertiary/aromatic N) is 2. The number of imidazole rings is 1. The highest BCUT2D eigenvalue weighted by Gasteiger charge is 1.99. The fourth-order valence-corrected chi connectivity index (χ4v) is 1.13. The molecule has 0 amide bonds. The Morgan fingerprint density at radius 2 is 2.45 bits per heavy atom. The molecule has 0 atom stereocenters. The highest BCUT2D eigenvalue weighted by molar-refractivity contribution is 6.29. The van der Waals surface area contributed by atoms with Crippen molar-refractivity contribution in [3.63, 3.8) is 0 Å². The van der Waals surface area contributed by atoms with Crippen molar-refractivity contribution in [2.45, 2.75) is 13.5 Å². The minimum Gasteiger partial charge on any atom is -0.383 e. The smallest absolute Gasteiger partial charge is 0.147 e. The average molecular weight is 175 g/mol. The van der Waals surface area contributed by atoms with E-state index in [9.17, 15) is 0 Å². The number of aryl methyl sites for hydroxylation is 1. The van der Waals surface area contributed by atoms with Gasteiger partial charge >= 0.3 is 0 Å². The second-order valence-corrected chi connectivity index (χ2v) is 2.68. The van der Waals surface area contributed by atoms with Gasteiger partial charge in [0.25, 0.3) is 0 Å². The van der Waals surface area contributed by atoms with E-state index in [4.69, 9.17) is 16.3 Å². The monoisotopic (exact) mass is 174 g/mol. The lowest BCUT2D eigenvalue weighted by atomic mass is 10.6. The Hall–Kier alpha value is -0.540. The van der Waals surface area contributed by atoms with E-state index in [0.29, 0.717) is 11.8 Å². The van der Waals surface area contributed by atoms with Crippen molar-refractivity contribution in [3.05, 3.63) is 17.2 Å². The molecule has 4 heteroatoms. The lowest BCUT2D eigenvalue weighted by molar-refractivity contribution is 0.186. The molecule has 0 saturated heterocycles. The zero-order valence-electron chi connectivity index (χ0n) is 6.67. The Morgan fingerprint density at radius 1 is 1.73 bits per heavy atom. The van der Waals surface area contributed by atoms with Gasteiger partial charge in [-0.2, -0.15) is 0 Å². The van der Waals surface area contributed by atoms with Crippen molar-refractivity contribution in [1.29, 1.82) is 0 Å². The van der Waals surface area contributed by atoms with Gasteiger partial charge in [-0.25, -0.2) is 4.98 Å². The fourth-order valence-electron chi connectivity index (χ4n) is 0.886. The van der Waals surface area contributed by atoms with Gasteiger partial charge in [0.2, 0.25) is 0 Å². The second-order valence-electron chi connectivity index (χ2n) is 2.30. The molecule has 0 N–H and O–H groups in total. The molecule has 1 heterocycles. The van der Waals surface area contributed by atoms with Gasteiger partial charge in [-0.3, -0.25) is 0 Å². The third-order valence-corrected chi connectivity index (χ3v) is 1.67. The van der Waals surface area contributed by atoms with Crippen LogP contribution in [0.15, 0.2) is 6.20 Å². The van der Waals surface area contributed by atoms with Gasteiger partial charge in [-0.1, -0.05) is 11.6 Å². The zero-order valence-corrected chi connectivity index (χ0v) is 7.43. The SMILES string of the molecule is COCCn1cc(Cl)nc1C. The Morgan fingerprint density at radius 3 is 2.91 bits per heavy atom. The lowest BCUT2D eigenvalue weighted by Gasteiger charge is -2.01. The Labute approximate surface area is 70.9 Å². The molecule has 11 heavy (non-hydrogen) atoms. The van der Waals surface area contributed by atoms with Gasteiger partial charge in [0.1, 0.15) is 11.0 Å². The van der Waals surface area contributed by atoms with E-state index >= 15 is 0 Å². The quantitative estimate of drug-likeness (QED) is 0.695. The maximum absolute atomic E-state index is 5.67. The van der Waals surface area contributed by atoms with Crippen molar-refractivity contribution in [2.75, 3.05) is 13.7 Å². The average Bonchev–Trinajstić information content (AvgIpc) is 2.26. The molecule has 3 nitrogen and oxygen atoms in total. The van der Waals surface area contributed by atoms with Crippen molar-refractivity contribution in [1.82, 2.24) is 9.55 Å². The molecule has 0 aromatic carbocycles. The van der Waals surface area contributed by atoms with Crippen LogP contribution in [0.4, 0.5) is 0 Å². The van der Waals surface area contributed by atoms with Gasteiger partial charge in [0, 0.05) is 19.9 Å². The van der Waals surface area contributed by atoms with E-state index in [1.165, 1.54) is 0 Å². The number of methoxy groups -OCH3 is 1. The van der Waals surface area contributed by atoms with Gasteiger partial charge in [-0.05, 0) is 6.92 Å². The first-order valence-electron chi connectivity index (χ1n) is 3.42. The zero-order chi connectivity index (χ0) is 8.27. The number of halogens is 1. The molecule has 0 saturated carbocycles. The summed E-state index contributed by atoms with van der Waals surface area (Å²) in [4.78, 5) is 4.04. The lowest BCUT2D eigenvalue weighted by Crippen LogP contribution is -2.04. The summed E-state index contributed by atoms with van der Waals surface area (Å²) in [6.45, 7) is 3.41. The number of aromatic nitrogens is 2. The molecular formula is C7H11ClN2O.